The summed E-state index contributed by atoms with van der Waals surface area (Å²) in [6, 6.07) is 5.00. The summed E-state index contributed by atoms with van der Waals surface area (Å²) in [6.07, 6.45) is 1.43. The molecule has 1 N–H and O–H groups in total. The first kappa shape index (κ1) is 14.8. The Hall–Kier alpha value is -1.14. The van der Waals surface area contributed by atoms with E-state index < -0.39 is 9.84 Å². The Labute approximate surface area is 124 Å². The van der Waals surface area contributed by atoms with Gasteiger partial charge in [0.15, 0.2) is 21.4 Å². The maximum Gasteiger partial charge on any atom is 0.165 e. The van der Waals surface area contributed by atoms with E-state index in [1.807, 2.05) is 6.07 Å². The molecule has 2 heterocycles. The lowest BCUT2D eigenvalue weighted by molar-refractivity contribution is 0.0923. The van der Waals surface area contributed by atoms with E-state index in [0.29, 0.717) is 6.42 Å². The van der Waals surface area contributed by atoms with Gasteiger partial charge < -0.3 is 10.1 Å². The molecule has 3 rings (SSSR count). The van der Waals surface area contributed by atoms with Crippen LogP contribution in [0.3, 0.4) is 0 Å². The molecule has 0 aliphatic carbocycles. The fourth-order valence-electron chi connectivity index (χ4n) is 3.51. The number of hydrogen-bond acceptors (Lipinski definition) is 4. The van der Waals surface area contributed by atoms with Crippen molar-refractivity contribution in [3.8, 4) is 5.75 Å². The number of halogens is 1. The highest BCUT2D eigenvalue weighted by atomic mass is 32.2. The van der Waals surface area contributed by atoms with Crippen LogP contribution in [0.15, 0.2) is 18.2 Å². The second-order valence-corrected chi connectivity index (χ2v) is 8.44. The number of methoxy groups -OCH3 is 1. The smallest absolute Gasteiger partial charge is 0.165 e. The third kappa shape index (κ3) is 2.79. The van der Waals surface area contributed by atoms with Crippen LogP contribution in [-0.2, 0) is 16.3 Å². The number of rotatable bonds is 4. The summed E-state index contributed by atoms with van der Waals surface area (Å²) in [5, 5.41) is 3.25. The monoisotopic (exact) mass is 313 g/mol. The first-order chi connectivity index (χ1) is 9.94. The van der Waals surface area contributed by atoms with Crippen molar-refractivity contribution in [3.63, 3.8) is 0 Å². The molecule has 2 aliphatic rings. The molecule has 1 aromatic carbocycles. The Bertz CT molecular complexity index is 640. The Balaban J connectivity index is 1.80. The number of ether oxygens (including phenoxy) is 1. The highest BCUT2D eigenvalue weighted by molar-refractivity contribution is 7.91. The van der Waals surface area contributed by atoms with E-state index in [9.17, 15) is 12.8 Å². The Kier molecular flexibility index (Phi) is 3.69. The molecule has 0 radical (unpaired) electrons. The summed E-state index contributed by atoms with van der Waals surface area (Å²) in [4.78, 5) is 0. The van der Waals surface area contributed by atoms with Gasteiger partial charge in [0.2, 0.25) is 0 Å². The SMILES string of the molecule is COc1ccc(CC2(C3CCS(=O)(=O)C3)CNC2)cc1F. The van der Waals surface area contributed by atoms with E-state index in [1.54, 1.807) is 6.07 Å². The first-order valence-electron chi connectivity index (χ1n) is 7.18. The molecule has 0 saturated carbocycles. The van der Waals surface area contributed by atoms with Crippen molar-refractivity contribution >= 4 is 9.84 Å². The van der Waals surface area contributed by atoms with Gasteiger partial charge >= 0.3 is 0 Å². The zero-order valence-corrected chi connectivity index (χ0v) is 12.9. The zero-order chi connectivity index (χ0) is 15.1. The summed E-state index contributed by atoms with van der Waals surface area (Å²) in [5.74, 6) is 0.609. The van der Waals surface area contributed by atoms with Gasteiger partial charge in [-0.1, -0.05) is 6.07 Å². The van der Waals surface area contributed by atoms with Crippen molar-refractivity contribution in [2.24, 2.45) is 11.3 Å². The van der Waals surface area contributed by atoms with Crippen LogP contribution >= 0.6 is 0 Å². The first-order valence-corrected chi connectivity index (χ1v) is 9.00. The second-order valence-electron chi connectivity index (χ2n) is 6.21. The molecule has 4 nitrogen and oxygen atoms in total. The topological polar surface area (TPSA) is 55.4 Å². The lowest BCUT2D eigenvalue weighted by Crippen LogP contribution is -2.59. The standard InChI is InChI=1S/C15H20FNO3S/c1-20-14-3-2-11(6-13(14)16)7-15(9-17-10-15)12-4-5-21(18,19)8-12/h2-3,6,12,17H,4-5,7-10H2,1H3. The van der Waals surface area contributed by atoms with E-state index >= 15 is 0 Å². The largest absolute Gasteiger partial charge is 0.494 e. The quantitative estimate of drug-likeness (QED) is 0.913. The second kappa shape index (κ2) is 5.25. The van der Waals surface area contributed by atoms with E-state index in [4.69, 9.17) is 4.74 Å². The van der Waals surface area contributed by atoms with Gasteiger partial charge in [-0.3, -0.25) is 0 Å². The summed E-state index contributed by atoms with van der Waals surface area (Å²) < 4.78 is 42.2. The van der Waals surface area contributed by atoms with Crippen LogP contribution in [0.25, 0.3) is 0 Å². The molecule has 0 spiro atoms. The molecule has 0 bridgehead atoms. The Morgan fingerprint density at radius 1 is 1.43 bits per heavy atom. The number of nitrogens with one attached hydrogen (secondary N) is 1. The van der Waals surface area contributed by atoms with Gasteiger partial charge in [0.05, 0.1) is 18.6 Å². The van der Waals surface area contributed by atoms with E-state index in [1.165, 1.54) is 13.2 Å². The molecular weight excluding hydrogens is 293 g/mol. The average molecular weight is 313 g/mol. The molecule has 116 valence electrons. The van der Waals surface area contributed by atoms with Crippen LogP contribution in [0.1, 0.15) is 12.0 Å². The molecule has 2 saturated heterocycles. The van der Waals surface area contributed by atoms with Crippen LogP contribution in [-0.4, -0.2) is 40.1 Å². The minimum absolute atomic E-state index is 0.0510. The van der Waals surface area contributed by atoms with Gasteiger partial charge in [-0.15, -0.1) is 0 Å². The van der Waals surface area contributed by atoms with Gasteiger partial charge in [0, 0.05) is 18.5 Å². The number of sulfone groups is 1. The van der Waals surface area contributed by atoms with Crippen molar-refractivity contribution in [2.45, 2.75) is 12.8 Å². The van der Waals surface area contributed by atoms with Crippen LogP contribution in [0.4, 0.5) is 4.39 Å². The highest BCUT2D eigenvalue weighted by Crippen LogP contribution is 2.42. The van der Waals surface area contributed by atoms with Crippen molar-refractivity contribution < 1.29 is 17.5 Å². The zero-order valence-electron chi connectivity index (χ0n) is 12.1. The molecule has 0 amide bonds. The molecule has 2 fully saturated rings. The predicted octanol–water partition coefficient (Wildman–Crippen LogP) is 1.40. The van der Waals surface area contributed by atoms with Crippen LogP contribution in [0.2, 0.25) is 0 Å². The van der Waals surface area contributed by atoms with Crippen LogP contribution in [0, 0.1) is 17.2 Å². The van der Waals surface area contributed by atoms with Crippen molar-refractivity contribution in [1.29, 1.82) is 0 Å². The van der Waals surface area contributed by atoms with E-state index in [0.717, 1.165) is 25.1 Å². The molecule has 1 aromatic rings. The summed E-state index contributed by atoms with van der Waals surface area (Å²) >= 11 is 0. The molecule has 1 unspecified atom stereocenters. The molecule has 6 heteroatoms. The van der Waals surface area contributed by atoms with Gasteiger partial charge in [-0.2, -0.15) is 0 Å². The number of hydrogen-bond donors (Lipinski definition) is 1. The average Bonchev–Trinajstić information content (AvgIpc) is 2.74. The lowest BCUT2D eigenvalue weighted by Gasteiger charge is -2.47. The highest BCUT2D eigenvalue weighted by Gasteiger charge is 2.48. The molecule has 1 atom stereocenters. The molecule has 2 aliphatic heterocycles. The van der Waals surface area contributed by atoms with E-state index in [2.05, 4.69) is 5.32 Å². The Morgan fingerprint density at radius 3 is 2.67 bits per heavy atom. The van der Waals surface area contributed by atoms with Crippen molar-refractivity contribution in [3.05, 3.63) is 29.6 Å². The molecule has 21 heavy (non-hydrogen) atoms. The minimum Gasteiger partial charge on any atom is -0.494 e. The van der Waals surface area contributed by atoms with Crippen LogP contribution in [0.5, 0.6) is 5.75 Å². The summed E-state index contributed by atoms with van der Waals surface area (Å²) in [5.41, 5.74) is 0.851. The number of benzene rings is 1. The third-order valence-corrected chi connectivity index (χ3v) is 6.59. The lowest BCUT2D eigenvalue weighted by atomic mass is 9.67. The van der Waals surface area contributed by atoms with Crippen molar-refractivity contribution in [2.75, 3.05) is 31.7 Å². The fraction of sp³-hybridized carbons (Fsp3) is 0.600. The third-order valence-electron chi connectivity index (χ3n) is 4.82. The Morgan fingerprint density at radius 2 is 2.19 bits per heavy atom. The van der Waals surface area contributed by atoms with Crippen molar-refractivity contribution in [1.82, 2.24) is 5.32 Å². The fourth-order valence-corrected chi connectivity index (χ4v) is 5.45. The van der Waals surface area contributed by atoms with E-state index in [-0.39, 0.29) is 34.4 Å². The maximum atomic E-state index is 13.8. The normalized spacial score (nSPS) is 26.3. The van der Waals surface area contributed by atoms with Gasteiger partial charge in [0.1, 0.15) is 0 Å². The van der Waals surface area contributed by atoms with Gasteiger partial charge in [-0.05, 0) is 36.5 Å². The summed E-state index contributed by atoms with van der Waals surface area (Å²) in [6.45, 7) is 1.61. The molecular formula is C15H20FNO3S. The van der Waals surface area contributed by atoms with Gasteiger partial charge in [0.25, 0.3) is 0 Å². The molecule has 0 aromatic heterocycles. The van der Waals surface area contributed by atoms with Crippen LogP contribution < -0.4 is 10.1 Å². The predicted molar refractivity (Wildman–Crippen MR) is 78.7 cm³/mol. The minimum atomic E-state index is -2.89. The van der Waals surface area contributed by atoms with Gasteiger partial charge in [-0.25, -0.2) is 12.8 Å². The summed E-state index contributed by atoms with van der Waals surface area (Å²) in [7, 11) is -1.44. The maximum absolute atomic E-state index is 13.8.